The minimum absolute atomic E-state index is 0.0582. The van der Waals surface area contributed by atoms with Crippen LogP contribution in [-0.4, -0.2) is 17.2 Å². The van der Waals surface area contributed by atoms with Gasteiger partial charge >= 0.3 is 0 Å². The lowest BCUT2D eigenvalue weighted by Crippen LogP contribution is -2.38. The standard InChI is InChI=1S/C11H23NOS/c1-4-6-8-10(7-5-2)12-11(13)9(3)14/h9-10,14H,4-8H2,1-3H3,(H,12,13). The van der Waals surface area contributed by atoms with E-state index in [1.807, 2.05) is 0 Å². The molecule has 0 fully saturated rings. The molecular formula is C11H23NOS. The molecular weight excluding hydrogens is 194 g/mol. The molecule has 0 saturated heterocycles. The molecule has 0 spiro atoms. The van der Waals surface area contributed by atoms with Gasteiger partial charge in [0.25, 0.3) is 0 Å². The van der Waals surface area contributed by atoms with Gasteiger partial charge in [-0.25, -0.2) is 0 Å². The van der Waals surface area contributed by atoms with Gasteiger partial charge in [-0.1, -0.05) is 33.1 Å². The highest BCUT2D eigenvalue weighted by atomic mass is 32.1. The van der Waals surface area contributed by atoms with E-state index in [2.05, 4.69) is 31.8 Å². The Morgan fingerprint density at radius 3 is 2.36 bits per heavy atom. The fraction of sp³-hybridized carbons (Fsp3) is 0.909. The quantitative estimate of drug-likeness (QED) is 0.631. The van der Waals surface area contributed by atoms with E-state index in [0.29, 0.717) is 6.04 Å². The van der Waals surface area contributed by atoms with Gasteiger partial charge in [-0.15, -0.1) is 0 Å². The summed E-state index contributed by atoms with van der Waals surface area (Å²) in [4.78, 5) is 11.4. The maximum Gasteiger partial charge on any atom is 0.232 e. The van der Waals surface area contributed by atoms with E-state index in [1.54, 1.807) is 6.92 Å². The lowest BCUT2D eigenvalue weighted by molar-refractivity contribution is -0.121. The highest BCUT2D eigenvalue weighted by Crippen LogP contribution is 2.07. The number of unbranched alkanes of at least 4 members (excludes halogenated alkanes) is 1. The lowest BCUT2D eigenvalue weighted by Gasteiger charge is -2.18. The lowest BCUT2D eigenvalue weighted by atomic mass is 10.1. The Balaban J connectivity index is 3.88. The number of nitrogens with one attached hydrogen (secondary N) is 1. The van der Waals surface area contributed by atoms with Gasteiger partial charge in [-0.2, -0.15) is 12.6 Å². The molecule has 0 aliphatic rings. The van der Waals surface area contributed by atoms with Crippen molar-refractivity contribution < 1.29 is 4.79 Å². The maximum absolute atomic E-state index is 11.4. The molecule has 3 heteroatoms. The Labute approximate surface area is 93.3 Å². The van der Waals surface area contributed by atoms with Crippen molar-refractivity contribution in [1.29, 1.82) is 0 Å². The van der Waals surface area contributed by atoms with Crippen LogP contribution < -0.4 is 5.32 Å². The largest absolute Gasteiger partial charge is 0.352 e. The van der Waals surface area contributed by atoms with Crippen LogP contribution in [0.3, 0.4) is 0 Å². The molecule has 0 aromatic heterocycles. The first kappa shape index (κ1) is 13.8. The summed E-state index contributed by atoms with van der Waals surface area (Å²) in [6, 6.07) is 0.349. The first-order valence-electron chi connectivity index (χ1n) is 5.60. The molecule has 0 bridgehead atoms. The van der Waals surface area contributed by atoms with Crippen molar-refractivity contribution in [3.63, 3.8) is 0 Å². The predicted octanol–water partition coefficient (Wildman–Crippen LogP) is 2.78. The minimum atomic E-state index is -0.198. The average molecular weight is 217 g/mol. The molecule has 0 aliphatic carbocycles. The van der Waals surface area contributed by atoms with Crippen molar-refractivity contribution in [3.8, 4) is 0 Å². The van der Waals surface area contributed by atoms with E-state index in [1.165, 1.54) is 12.8 Å². The van der Waals surface area contributed by atoms with Gasteiger partial charge in [0.15, 0.2) is 0 Å². The summed E-state index contributed by atoms with van der Waals surface area (Å²) in [5.74, 6) is 0.0582. The van der Waals surface area contributed by atoms with Crippen LogP contribution in [0.5, 0.6) is 0 Å². The number of amides is 1. The van der Waals surface area contributed by atoms with Crippen molar-refractivity contribution in [2.75, 3.05) is 0 Å². The fourth-order valence-electron chi connectivity index (χ4n) is 1.41. The second-order valence-electron chi connectivity index (χ2n) is 3.81. The van der Waals surface area contributed by atoms with Crippen molar-refractivity contribution in [1.82, 2.24) is 5.32 Å². The molecule has 1 amide bonds. The maximum atomic E-state index is 11.4. The molecule has 0 saturated carbocycles. The molecule has 2 nitrogen and oxygen atoms in total. The van der Waals surface area contributed by atoms with Gasteiger partial charge in [0.1, 0.15) is 0 Å². The van der Waals surface area contributed by atoms with Crippen molar-refractivity contribution in [2.45, 2.75) is 64.2 Å². The Morgan fingerprint density at radius 2 is 1.93 bits per heavy atom. The summed E-state index contributed by atoms with van der Waals surface area (Å²) in [5, 5.41) is 2.84. The third-order valence-electron chi connectivity index (χ3n) is 2.27. The van der Waals surface area contributed by atoms with Crippen LogP contribution in [0.15, 0.2) is 0 Å². The zero-order chi connectivity index (χ0) is 11.0. The zero-order valence-electron chi connectivity index (χ0n) is 9.55. The molecule has 0 radical (unpaired) electrons. The van der Waals surface area contributed by atoms with Crippen molar-refractivity contribution in [2.24, 2.45) is 0 Å². The molecule has 0 aromatic carbocycles. The smallest absolute Gasteiger partial charge is 0.232 e. The second-order valence-corrected chi connectivity index (χ2v) is 4.59. The van der Waals surface area contributed by atoms with Gasteiger partial charge in [0.2, 0.25) is 5.91 Å². The van der Waals surface area contributed by atoms with Crippen molar-refractivity contribution in [3.05, 3.63) is 0 Å². The number of thiol groups is 1. The van der Waals surface area contributed by atoms with Crippen LogP contribution >= 0.6 is 12.6 Å². The summed E-state index contributed by atoms with van der Waals surface area (Å²) >= 11 is 4.11. The second kappa shape index (κ2) is 8.16. The van der Waals surface area contributed by atoms with Crippen LogP contribution in [0, 0.1) is 0 Å². The topological polar surface area (TPSA) is 29.1 Å². The monoisotopic (exact) mass is 217 g/mol. The molecule has 0 heterocycles. The summed E-state index contributed by atoms with van der Waals surface area (Å²) in [7, 11) is 0. The third-order valence-corrected chi connectivity index (χ3v) is 2.50. The number of carbonyl (C=O) groups is 1. The first-order valence-corrected chi connectivity index (χ1v) is 6.11. The van der Waals surface area contributed by atoms with Crippen LogP contribution in [0.1, 0.15) is 52.9 Å². The summed E-state index contributed by atoms with van der Waals surface area (Å²) in [6.07, 6.45) is 5.66. The van der Waals surface area contributed by atoms with Crippen LogP contribution in [0.25, 0.3) is 0 Å². The van der Waals surface area contributed by atoms with Crippen LogP contribution in [0.2, 0.25) is 0 Å². The molecule has 2 atom stereocenters. The molecule has 2 unspecified atom stereocenters. The molecule has 84 valence electrons. The highest BCUT2D eigenvalue weighted by Gasteiger charge is 2.13. The SMILES string of the molecule is CCCCC(CCC)NC(=O)C(C)S. The summed E-state index contributed by atoms with van der Waals surface area (Å²) in [6.45, 7) is 6.13. The minimum Gasteiger partial charge on any atom is -0.352 e. The fourth-order valence-corrected chi connectivity index (χ4v) is 1.48. The van der Waals surface area contributed by atoms with Crippen LogP contribution in [0.4, 0.5) is 0 Å². The molecule has 0 rings (SSSR count). The normalized spacial score (nSPS) is 14.9. The Morgan fingerprint density at radius 1 is 1.29 bits per heavy atom. The zero-order valence-corrected chi connectivity index (χ0v) is 10.4. The van der Waals surface area contributed by atoms with E-state index in [-0.39, 0.29) is 11.2 Å². The average Bonchev–Trinajstić information content (AvgIpc) is 2.14. The summed E-state index contributed by atoms with van der Waals surface area (Å²) < 4.78 is 0. The van der Waals surface area contributed by atoms with Crippen LogP contribution in [-0.2, 0) is 4.79 Å². The highest BCUT2D eigenvalue weighted by molar-refractivity contribution is 7.81. The molecule has 0 aliphatic heterocycles. The van der Waals surface area contributed by atoms with E-state index < -0.39 is 0 Å². The van der Waals surface area contributed by atoms with E-state index >= 15 is 0 Å². The van der Waals surface area contributed by atoms with Gasteiger partial charge in [0.05, 0.1) is 5.25 Å². The third kappa shape index (κ3) is 6.30. The molecule has 1 N–H and O–H groups in total. The molecule has 0 aromatic rings. The number of rotatable bonds is 7. The number of carbonyl (C=O) groups excluding carboxylic acids is 1. The Kier molecular flexibility index (Phi) is 8.05. The van der Waals surface area contributed by atoms with E-state index in [4.69, 9.17) is 0 Å². The Bertz CT molecular complexity index is 159. The van der Waals surface area contributed by atoms with Gasteiger partial charge in [-0.3, -0.25) is 4.79 Å². The van der Waals surface area contributed by atoms with E-state index in [0.717, 1.165) is 19.3 Å². The number of hydrogen-bond donors (Lipinski definition) is 2. The first-order chi connectivity index (χ1) is 6.61. The molecule has 14 heavy (non-hydrogen) atoms. The number of hydrogen-bond acceptors (Lipinski definition) is 2. The predicted molar refractivity (Wildman–Crippen MR) is 64.8 cm³/mol. The van der Waals surface area contributed by atoms with Crippen molar-refractivity contribution >= 4 is 18.5 Å². The van der Waals surface area contributed by atoms with Gasteiger partial charge in [-0.05, 0) is 19.8 Å². The Hall–Kier alpha value is -0.180. The van der Waals surface area contributed by atoms with Gasteiger partial charge in [0, 0.05) is 6.04 Å². The van der Waals surface area contributed by atoms with E-state index in [9.17, 15) is 4.79 Å². The summed E-state index contributed by atoms with van der Waals surface area (Å²) in [5.41, 5.74) is 0. The van der Waals surface area contributed by atoms with Gasteiger partial charge < -0.3 is 5.32 Å².